The van der Waals surface area contributed by atoms with Gasteiger partial charge in [0.1, 0.15) is 41.7 Å². The molecule has 6 atom stereocenters. The second kappa shape index (κ2) is 23.1. The number of nitrogens with two attached hydrogens (primary N) is 2. The predicted molar refractivity (Wildman–Crippen MR) is 207 cm³/mol. The molecule has 0 aliphatic carbocycles. The topological polar surface area (TPSA) is 342 Å². The highest BCUT2D eigenvalue weighted by atomic mass is 16.4. The van der Waals surface area contributed by atoms with E-state index in [1.807, 2.05) is 0 Å². The molecule has 0 radical (unpaired) electrons. The molecule has 7 amide bonds. The Morgan fingerprint density at radius 3 is 1.45 bits per heavy atom. The van der Waals surface area contributed by atoms with Crippen molar-refractivity contribution >= 4 is 47.3 Å². The van der Waals surface area contributed by atoms with Crippen LogP contribution in [0, 0.1) is 11.8 Å². The van der Waals surface area contributed by atoms with Crippen LogP contribution in [0.3, 0.4) is 0 Å². The Bertz CT molecular complexity index is 1750. The SMILES string of the molecule is CC(C)[C@H](NC(=O)[C@H](Cc1ccc(O)cc1)NC(=O)[C@H](Cc1ccc(O)cc1)NC(=O)CNC(=O)[C@@H](N)CCC(N)=O)C(=O)N[C@H](C(=O)N[C@@H](CO)C(=O)O)C(C)C. The Balaban J connectivity index is 2.38. The van der Waals surface area contributed by atoms with Gasteiger partial charge in [-0.25, -0.2) is 4.79 Å². The van der Waals surface area contributed by atoms with Gasteiger partial charge >= 0.3 is 5.97 Å². The third-order valence-electron chi connectivity index (χ3n) is 8.79. The number of hydrogen-bond acceptors (Lipinski definition) is 12. The predicted octanol–water partition coefficient (Wildman–Crippen LogP) is -2.60. The first-order valence-corrected chi connectivity index (χ1v) is 18.4. The van der Waals surface area contributed by atoms with Gasteiger partial charge in [-0.1, -0.05) is 52.0 Å². The number of aromatic hydroxyl groups is 2. The van der Waals surface area contributed by atoms with E-state index in [2.05, 4.69) is 31.9 Å². The maximum absolute atomic E-state index is 14.0. The normalized spacial score (nSPS) is 14.1. The van der Waals surface area contributed by atoms with Gasteiger partial charge in [0.2, 0.25) is 41.4 Å². The standard InChI is InChI=1S/C38H54N8O12/c1-19(2)31(36(55)44-28(18-47)38(57)58)46-37(56)32(20(3)4)45-35(54)27(16-22-7-11-24(49)12-8-22)43-34(53)26(15-21-5-9-23(48)10-6-21)42-30(51)17-41-33(52)25(39)13-14-29(40)50/h5-12,19-20,25-28,31-32,47-49H,13-18,39H2,1-4H3,(H2,40,50)(H,41,52)(H,42,51)(H,43,53)(H,44,55)(H,45,54)(H,46,56)(H,57,58)/t25-,26-,27-,28-,31-,32-/m0/s1. The van der Waals surface area contributed by atoms with Crippen molar-refractivity contribution in [2.24, 2.45) is 23.3 Å². The summed E-state index contributed by atoms with van der Waals surface area (Å²) in [4.78, 5) is 103. The molecule has 0 unspecified atom stereocenters. The number of phenolic OH excluding ortho intramolecular Hbond substituents is 2. The number of benzene rings is 2. The van der Waals surface area contributed by atoms with Crippen LogP contribution in [-0.2, 0) is 51.2 Å². The smallest absolute Gasteiger partial charge is 0.328 e. The van der Waals surface area contributed by atoms with E-state index < -0.39 is 109 Å². The molecule has 2 aromatic carbocycles. The molecular weight excluding hydrogens is 760 g/mol. The molecule has 2 rings (SSSR count). The van der Waals surface area contributed by atoms with Gasteiger partial charge in [-0.05, 0) is 53.6 Å². The van der Waals surface area contributed by atoms with Crippen molar-refractivity contribution in [3.8, 4) is 11.5 Å². The number of carboxylic acids is 1. The molecule has 0 fully saturated rings. The summed E-state index contributed by atoms with van der Waals surface area (Å²) in [5, 5.41) is 53.0. The molecule has 0 aliphatic rings. The maximum atomic E-state index is 14.0. The summed E-state index contributed by atoms with van der Waals surface area (Å²) in [6.45, 7) is 4.89. The van der Waals surface area contributed by atoms with E-state index in [4.69, 9.17) is 11.5 Å². The molecule has 318 valence electrons. The van der Waals surface area contributed by atoms with Crippen molar-refractivity contribution in [3.05, 3.63) is 59.7 Å². The number of primary amides is 1. The number of aliphatic hydroxyl groups is 1. The van der Waals surface area contributed by atoms with Crippen LogP contribution in [0.25, 0.3) is 0 Å². The number of aliphatic carboxylic acids is 1. The Morgan fingerprint density at radius 2 is 1.02 bits per heavy atom. The minimum Gasteiger partial charge on any atom is -0.508 e. The van der Waals surface area contributed by atoms with Crippen molar-refractivity contribution in [2.45, 2.75) is 89.6 Å². The fraction of sp³-hybridized carbons (Fsp3) is 0.474. The lowest BCUT2D eigenvalue weighted by Gasteiger charge is -2.29. The molecule has 0 saturated heterocycles. The first kappa shape index (κ1) is 47.9. The first-order chi connectivity index (χ1) is 27.2. The minimum atomic E-state index is -1.63. The second-order valence-corrected chi connectivity index (χ2v) is 14.3. The summed E-state index contributed by atoms with van der Waals surface area (Å²) in [6.07, 6.45) is -0.540. The molecular formula is C38H54N8O12. The highest BCUT2D eigenvalue weighted by Gasteiger charge is 2.35. The maximum Gasteiger partial charge on any atom is 0.328 e. The molecule has 58 heavy (non-hydrogen) atoms. The monoisotopic (exact) mass is 814 g/mol. The summed E-state index contributed by atoms with van der Waals surface area (Å²) >= 11 is 0. The van der Waals surface area contributed by atoms with Crippen LogP contribution in [0.15, 0.2) is 48.5 Å². The number of carbonyl (C=O) groups is 8. The van der Waals surface area contributed by atoms with Crippen LogP contribution in [0.2, 0.25) is 0 Å². The van der Waals surface area contributed by atoms with Gasteiger partial charge in [0.15, 0.2) is 0 Å². The number of nitrogens with one attached hydrogen (secondary N) is 6. The Morgan fingerprint density at radius 1 is 0.603 bits per heavy atom. The van der Waals surface area contributed by atoms with E-state index in [1.54, 1.807) is 27.7 Å². The highest BCUT2D eigenvalue weighted by Crippen LogP contribution is 2.15. The second-order valence-electron chi connectivity index (χ2n) is 14.3. The molecule has 20 heteroatoms. The van der Waals surface area contributed by atoms with Gasteiger partial charge in [-0.15, -0.1) is 0 Å². The highest BCUT2D eigenvalue weighted by molar-refractivity contribution is 5.97. The summed E-state index contributed by atoms with van der Waals surface area (Å²) in [5.41, 5.74) is 11.8. The van der Waals surface area contributed by atoms with Crippen molar-refractivity contribution < 1.29 is 58.8 Å². The average molecular weight is 815 g/mol. The van der Waals surface area contributed by atoms with Crippen LogP contribution < -0.4 is 43.4 Å². The number of aliphatic hydroxyl groups excluding tert-OH is 1. The van der Waals surface area contributed by atoms with Gasteiger partial charge in [-0.3, -0.25) is 33.6 Å². The summed E-state index contributed by atoms with van der Waals surface area (Å²) in [6, 6.07) is 3.36. The quantitative estimate of drug-likeness (QED) is 0.0549. The van der Waals surface area contributed by atoms with E-state index in [-0.39, 0.29) is 37.2 Å². The summed E-state index contributed by atoms with van der Waals surface area (Å²) in [5.74, 6) is -8.40. The van der Waals surface area contributed by atoms with E-state index >= 15 is 0 Å². The molecule has 0 saturated carbocycles. The first-order valence-electron chi connectivity index (χ1n) is 18.4. The van der Waals surface area contributed by atoms with E-state index in [9.17, 15) is 58.8 Å². The van der Waals surface area contributed by atoms with Crippen molar-refractivity contribution in [3.63, 3.8) is 0 Å². The van der Waals surface area contributed by atoms with Gasteiger partial charge in [-0.2, -0.15) is 0 Å². The lowest BCUT2D eigenvalue weighted by molar-refractivity contribution is -0.143. The lowest BCUT2D eigenvalue weighted by atomic mass is 9.98. The van der Waals surface area contributed by atoms with Crippen LogP contribution in [0.1, 0.15) is 51.7 Å². The van der Waals surface area contributed by atoms with Gasteiger partial charge in [0, 0.05) is 19.3 Å². The van der Waals surface area contributed by atoms with Gasteiger partial charge in [0.05, 0.1) is 19.2 Å². The molecule has 0 aliphatic heterocycles. The number of hydrogen-bond donors (Lipinski definition) is 12. The Kier molecular flexibility index (Phi) is 19.0. The average Bonchev–Trinajstić information content (AvgIpc) is 3.16. The molecule has 0 spiro atoms. The molecule has 20 nitrogen and oxygen atoms in total. The zero-order valence-corrected chi connectivity index (χ0v) is 32.7. The summed E-state index contributed by atoms with van der Waals surface area (Å²) < 4.78 is 0. The fourth-order valence-corrected chi connectivity index (χ4v) is 5.41. The zero-order chi connectivity index (χ0) is 43.7. The minimum absolute atomic E-state index is 0.0616. The van der Waals surface area contributed by atoms with Crippen molar-refractivity contribution in [1.29, 1.82) is 0 Å². The van der Waals surface area contributed by atoms with Crippen molar-refractivity contribution in [2.75, 3.05) is 13.2 Å². The Hall–Kier alpha value is -6.28. The van der Waals surface area contributed by atoms with E-state index in [0.29, 0.717) is 11.1 Å². The zero-order valence-electron chi connectivity index (χ0n) is 32.7. The number of rotatable bonds is 23. The molecule has 0 bridgehead atoms. The number of amides is 7. The summed E-state index contributed by atoms with van der Waals surface area (Å²) in [7, 11) is 0. The lowest BCUT2D eigenvalue weighted by Crippen LogP contribution is -2.61. The third-order valence-corrected chi connectivity index (χ3v) is 8.79. The number of carbonyl (C=O) groups excluding carboxylic acids is 7. The Labute approximate surface area is 334 Å². The molecule has 2 aromatic rings. The largest absolute Gasteiger partial charge is 0.508 e. The van der Waals surface area contributed by atoms with Crippen molar-refractivity contribution in [1.82, 2.24) is 31.9 Å². The molecule has 0 aromatic heterocycles. The number of carboxylic acid groups (broad SMARTS) is 1. The molecule has 14 N–H and O–H groups in total. The van der Waals surface area contributed by atoms with Gasteiger partial charge in [0.25, 0.3) is 0 Å². The van der Waals surface area contributed by atoms with Gasteiger partial charge < -0.3 is 63.8 Å². The number of phenols is 2. The third kappa shape index (κ3) is 16.1. The molecule has 0 heterocycles. The van der Waals surface area contributed by atoms with Crippen LogP contribution >= 0.6 is 0 Å². The van der Waals surface area contributed by atoms with E-state index in [0.717, 1.165) is 0 Å². The van der Waals surface area contributed by atoms with Crippen LogP contribution in [-0.4, -0.2) is 117 Å². The van der Waals surface area contributed by atoms with Crippen LogP contribution in [0.4, 0.5) is 0 Å². The van der Waals surface area contributed by atoms with Crippen LogP contribution in [0.5, 0.6) is 11.5 Å². The fourth-order valence-electron chi connectivity index (χ4n) is 5.41. The van der Waals surface area contributed by atoms with E-state index in [1.165, 1.54) is 48.5 Å².